The van der Waals surface area contributed by atoms with Gasteiger partial charge in [-0.15, -0.1) is 0 Å². The molecule has 2 aliphatic rings. The van der Waals surface area contributed by atoms with Crippen LogP contribution in [0.5, 0.6) is 0 Å². The third-order valence-corrected chi connectivity index (χ3v) is 6.60. The van der Waals surface area contributed by atoms with Crippen LogP contribution < -0.4 is 0 Å². The summed E-state index contributed by atoms with van der Waals surface area (Å²) >= 11 is 0. The van der Waals surface area contributed by atoms with Crippen molar-refractivity contribution >= 4 is 5.91 Å². The molecule has 0 N–H and O–H groups in total. The number of likely N-dealkylation sites (tertiary alicyclic amines) is 1. The standard InChI is InChI=1S/C26H29N3O3/c1-18-5-4-6-22(15-18)29-24(17-23(27-29)21-8-7-19(2)20(3)16-21)25(30)28-11-9-26(10-12-28)31-13-14-32-26/h4-8,15-17H,9-14H2,1-3H3. The minimum Gasteiger partial charge on any atom is -0.347 e. The largest absolute Gasteiger partial charge is 0.347 e. The Morgan fingerprint density at radius 2 is 1.69 bits per heavy atom. The third kappa shape index (κ3) is 3.85. The van der Waals surface area contributed by atoms with E-state index < -0.39 is 5.79 Å². The van der Waals surface area contributed by atoms with E-state index in [-0.39, 0.29) is 5.91 Å². The van der Waals surface area contributed by atoms with Gasteiger partial charge in [-0.25, -0.2) is 4.68 Å². The van der Waals surface area contributed by atoms with Crippen LogP contribution in [0.15, 0.2) is 48.5 Å². The predicted octanol–water partition coefficient (Wildman–Crippen LogP) is 4.44. The second-order valence-corrected chi connectivity index (χ2v) is 8.86. The molecule has 5 rings (SSSR count). The first-order valence-electron chi connectivity index (χ1n) is 11.3. The highest BCUT2D eigenvalue weighted by Gasteiger charge is 2.41. The van der Waals surface area contributed by atoms with Crippen molar-refractivity contribution < 1.29 is 14.3 Å². The average Bonchev–Trinajstić information content (AvgIpc) is 3.44. The van der Waals surface area contributed by atoms with Crippen molar-refractivity contribution in [3.63, 3.8) is 0 Å². The Hall–Kier alpha value is -2.96. The molecule has 0 unspecified atom stereocenters. The van der Waals surface area contributed by atoms with E-state index >= 15 is 0 Å². The van der Waals surface area contributed by atoms with E-state index in [0.717, 1.165) is 22.5 Å². The fourth-order valence-electron chi connectivity index (χ4n) is 4.53. The molecule has 0 radical (unpaired) electrons. The van der Waals surface area contributed by atoms with Gasteiger partial charge in [-0.2, -0.15) is 5.10 Å². The van der Waals surface area contributed by atoms with E-state index in [1.54, 1.807) is 4.68 Å². The monoisotopic (exact) mass is 431 g/mol. The minimum atomic E-state index is -0.502. The molecule has 0 atom stereocenters. The summed E-state index contributed by atoms with van der Waals surface area (Å²) in [5.74, 6) is -0.514. The smallest absolute Gasteiger partial charge is 0.272 e. The highest BCUT2D eigenvalue weighted by molar-refractivity contribution is 5.94. The highest BCUT2D eigenvalue weighted by atomic mass is 16.7. The Kier molecular flexibility index (Phi) is 5.35. The Morgan fingerprint density at radius 1 is 0.938 bits per heavy atom. The van der Waals surface area contributed by atoms with Gasteiger partial charge in [0.05, 0.1) is 24.6 Å². The molecular formula is C26H29N3O3. The average molecular weight is 432 g/mol. The van der Waals surface area contributed by atoms with Crippen molar-refractivity contribution in [3.8, 4) is 16.9 Å². The molecule has 2 fully saturated rings. The zero-order valence-electron chi connectivity index (χ0n) is 18.9. The van der Waals surface area contributed by atoms with Gasteiger partial charge in [0.25, 0.3) is 5.91 Å². The van der Waals surface area contributed by atoms with Gasteiger partial charge in [0.2, 0.25) is 0 Å². The van der Waals surface area contributed by atoms with Gasteiger partial charge >= 0.3 is 0 Å². The summed E-state index contributed by atoms with van der Waals surface area (Å²) in [6, 6.07) is 16.3. The zero-order valence-corrected chi connectivity index (χ0v) is 18.9. The number of rotatable bonds is 3. The van der Waals surface area contributed by atoms with Gasteiger partial charge in [0.1, 0.15) is 5.69 Å². The van der Waals surface area contributed by atoms with E-state index in [0.29, 0.717) is 44.8 Å². The molecule has 1 aromatic heterocycles. The van der Waals surface area contributed by atoms with Crippen LogP contribution in [0.3, 0.4) is 0 Å². The predicted molar refractivity (Wildman–Crippen MR) is 123 cm³/mol. The van der Waals surface area contributed by atoms with Gasteiger partial charge < -0.3 is 14.4 Å². The fraction of sp³-hybridized carbons (Fsp3) is 0.385. The molecule has 0 saturated carbocycles. The molecule has 166 valence electrons. The number of hydrogen-bond acceptors (Lipinski definition) is 4. The van der Waals surface area contributed by atoms with E-state index in [4.69, 9.17) is 14.6 Å². The van der Waals surface area contributed by atoms with E-state index in [1.807, 2.05) is 36.1 Å². The highest BCUT2D eigenvalue weighted by Crippen LogP contribution is 2.32. The van der Waals surface area contributed by atoms with Crippen LogP contribution in [0, 0.1) is 20.8 Å². The number of hydrogen-bond donors (Lipinski definition) is 0. The normalized spacial score (nSPS) is 17.8. The van der Waals surface area contributed by atoms with Crippen LogP contribution in [0.25, 0.3) is 16.9 Å². The molecule has 1 spiro atoms. The Bertz CT molecular complexity index is 1150. The first kappa shape index (κ1) is 20.9. The summed E-state index contributed by atoms with van der Waals surface area (Å²) in [5.41, 5.74) is 6.85. The van der Waals surface area contributed by atoms with Crippen LogP contribution in [0.2, 0.25) is 0 Å². The molecule has 2 aliphatic heterocycles. The Balaban J connectivity index is 1.50. The van der Waals surface area contributed by atoms with Crippen molar-refractivity contribution in [1.29, 1.82) is 0 Å². The van der Waals surface area contributed by atoms with Crippen molar-refractivity contribution in [2.45, 2.75) is 39.4 Å². The van der Waals surface area contributed by atoms with Crippen molar-refractivity contribution in [1.82, 2.24) is 14.7 Å². The maximum absolute atomic E-state index is 13.6. The van der Waals surface area contributed by atoms with E-state index in [2.05, 4.69) is 38.1 Å². The maximum atomic E-state index is 13.6. The molecule has 2 aromatic carbocycles. The molecule has 0 aliphatic carbocycles. The lowest BCUT2D eigenvalue weighted by atomic mass is 10.0. The Morgan fingerprint density at radius 3 is 2.38 bits per heavy atom. The molecule has 6 nitrogen and oxygen atoms in total. The number of ether oxygens (including phenoxy) is 2. The summed E-state index contributed by atoms with van der Waals surface area (Å²) in [4.78, 5) is 15.5. The number of benzene rings is 2. The summed E-state index contributed by atoms with van der Waals surface area (Å²) in [6.07, 6.45) is 1.39. The maximum Gasteiger partial charge on any atom is 0.272 e. The van der Waals surface area contributed by atoms with Crippen molar-refractivity contribution in [2.75, 3.05) is 26.3 Å². The lowest BCUT2D eigenvalue weighted by Gasteiger charge is -2.37. The van der Waals surface area contributed by atoms with Crippen LogP contribution >= 0.6 is 0 Å². The van der Waals surface area contributed by atoms with Crippen molar-refractivity contribution in [3.05, 3.63) is 70.9 Å². The lowest BCUT2D eigenvalue weighted by molar-refractivity contribution is -0.181. The fourth-order valence-corrected chi connectivity index (χ4v) is 4.53. The second-order valence-electron chi connectivity index (χ2n) is 8.86. The molecule has 32 heavy (non-hydrogen) atoms. The van der Waals surface area contributed by atoms with Crippen LogP contribution in [0.4, 0.5) is 0 Å². The molecule has 0 bridgehead atoms. The molecular weight excluding hydrogens is 402 g/mol. The van der Waals surface area contributed by atoms with Gasteiger partial charge in [-0.3, -0.25) is 4.79 Å². The number of aromatic nitrogens is 2. The number of piperidine rings is 1. The van der Waals surface area contributed by atoms with Crippen molar-refractivity contribution in [2.24, 2.45) is 0 Å². The van der Waals surface area contributed by atoms with Gasteiger partial charge in [-0.1, -0.05) is 24.3 Å². The number of carbonyl (C=O) groups excluding carboxylic acids is 1. The van der Waals surface area contributed by atoms with Crippen LogP contribution in [-0.4, -0.2) is 52.7 Å². The quantitative estimate of drug-likeness (QED) is 0.615. The van der Waals surface area contributed by atoms with Crippen LogP contribution in [0.1, 0.15) is 40.0 Å². The number of amides is 1. The van der Waals surface area contributed by atoms with Gasteiger partial charge in [-0.05, 0) is 61.7 Å². The molecule has 2 saturated heterocycles. The Labute approximate surface area is 188 Å². The van der Waals surface area contributed by atoms with Gasteiger partial charge in [0, 0.05) is 31.5 Å². The summed E-state index contributed by atoms with van der Waals surface area (Å²) < 4.78 is 13.4. The molecule has 3 heterocycles. The lowest BCUT2D eigenvalue weighted by Crippen LogP contribution is -2.47. The zero-order chi connectivity index (χ0) is 22.3. The van der Waals surface area contributed by atoms with E-state index in [9.17, 15) is 4.79 Å². The first-order chi connectivity index (χ1) is 15.4. The second kappa shape index (κ2) is 8.19. The summed E-state index contributed by atoms with van der Waals surface area (Å²) in [5, 5.41) is 4.87. The van der Waals surface area contributed by atoms with Gasteiger partial charge in [0.15, 0.2) is 5.79 Å². The summed E-state index contributed by atoms with van der Waals surface area (Å²) in [7, 11) is 0. The SMILES string of the molecule is Cc1cccc(-n2nc(-c3ccc(C)c(C)c3)cc2C(=O)N2CCC3(CC2)OCCO3)c1. The first-order valence-corrected chi connectivity index (χ1v) is 11.3. The number of carbonyl (C=O) groups is 1. The third-order valence-electron chi connectivity index (χ3n) is 6.60. The topological polar surface area (TPSA) is 56.6 Å². The molecule has 6 heteroatoms. The summed E-state index contributed by atoms with van der Waals surface area (Å²) in [6.45, 7) is 8.72. The van der Waals surface area contributed by atoms with Crippen LogP contribution in [-0.2, 0) is 9.47 Å². The molecule has 1 amide bonds. The molecule has 3 aromatic rings. The minimum absolute atomic E-state index is 0.0121. The number of nitrogens with zero attached hydrogens (tertiary/aromatic N) is 3. The van der Waals surface area contributed by atoms with E-state index in [1.165, 1.54) is 11.1 Å². The number of aryl methyl sites for hydroxylation is 3.